The summed E-state index contributed by atoms with van der Waals surface area (Å²) in [5.41, 5.74) is 0.798. The molecule has 0 radical (unpaired) electrons. The molecule has 2 aliphatic rings. The van der Waals surface area contributed by atoms with E-state index in [1.807, 2.05) is 0 Å². The van der Waals surface area contributed by atoms with Crippen LogP contribution in [0.2, 0.25) is 0 Å². The van der Waals surface area contributed by atoms with Gasteiger partial charge in [0.05, 0.1) is 0 Å². The van der Waals surface area contributed by atoms with Gasteiger partial charge in [-0.3, -0.25) is 0 Å². The van der Waals surface area contributed by atoms with Gasteiger partial charge in [-0.2, -0.15) is 0 Å². The first-order chi connectivity index (χ1) is 9.72. The topological polar surface area (TPSA) is 15.3 Å². The molecule has 0 spiro atoms. The number of anilines is 1. The molecule has 20 heavy (non-hydrogen) atoms. The van der Waals surface area contributed by atoms with Crippen LogP contribution in [0.1, 0.15) is 32.1 Å². The predicted molar refractivity (Wildman–Crippen MR) is 76.9 cm³/mol. The Balaban J connectivity index is 1.52. The molecule has 1 aromatic rings. The fourth-order valence-electron chi connectivity index (χ4n) is 3.38. The molecule has 110 valence electrons. The molecule has 0 bridgehead atoms. The highest BCUT2D eigenvalue weighted by Gasteiger charge is 2.24. The molecular weight excluding hydrogens is 258 g/mol. The highest BCUT2D eigenvalue weighted by molar-refractivity contribution is 5.47. The van der Waals surface area contributed by atoms with E-state index >= 15 is 0 Å². The quantitative estimate of drug-likeness (QED) is 0.910. The summed E-state index contributed by atoms with van der Waals surface area (Å²) in [6, 6.07) is 4.90. The van der Waals surface area contributed by atoms with E-state index in [0.29, 0.717) is 12.0 Å². The van der Waals surface area contributed by atoms with Gasteiger partial charge in [0.1, 0.15) is 0 Å². The van der Waals surface area contributed by atoms with Crippen LogP contribution in [0.5, 0.6) is 0 Å². The van der Waals surface area contributed by atoms with Crippen molar-refractivity contribution < 1.29 is 8.78 Å². The largest absolute Gasteiger partial charge is 0.371 e. The summed E-state index contributed by atoms with van der Waals surface area (Å²) in [5.74, 6) is -0.911. The van der Waals surface area contributed by atoms with E-state index < -0.39 is 11.6 Å². The van der Waals surface area contributed by atoms with Crippen LogP contribution in [0.3, 0.4) is 0 Å². The molecule has 0 aromatic heterocycles. The number of nitrogens with zero attached hydrogens (tertiary/aromatic N) is 1. The van der Waals surface area contributed by atoms with Gasteiger partial charge in [0.15, 0.2) is 11.6 Å². The zero-order valence-corrected chi connectivity index (χ0v) is 11.7. The molecule has 1 aromatic carbocycles. The first kappa shape index (κ1) is 13.8. The molecule has 2 nitrogen and oxygen atoms in total. The predicted octanol–water partition coefficient (Wildman–Crippen LogP) is 3.32. The van der Waals surface area contributed by atoms with E-state index in [4.69, 9.17) is 0 Å². The van der Waals surface area contributed by atoms with Gasteiger partial charge in [0, 0.05) is 30.9 Å². The maximum atomic E-state index is 13.3. The van der Waals surface area contributed by atoms with Crippen molar-refractivity contribution in [1.82, 2.24) is 5.32 Å². The van der Waals surface area contributed by atoms with E-state index in [1.54, 1.807) is 6.07 Å². The molecule has 1 aliphatic heterocycles. The lowest BCUT2D eigenvalue weighted by molar-refractivity contribution is 0.450. The number of halogens is 2. The van der Waals surface area contributed by atoms with Gasteiger partial charge in [-0.25, -0.2) is 8.78 Å². The monoisotopic (exact) mass is 280 g/mol. The first-order valence-corrected chi connectivity index (χ1v) is 7.66. The normalized spacial score (nSPS) is 23.7. The van der Waals surface area contributed by atoms with Gasteiger partial charge in [-0.1, -0.05) is 12.8 Å². The van der Waals surface area contributed by atoms with Crippen LogP contribution in [0.4, 0.5) is 14.5 Å². The smallest absolute Gasteiger partial charge is 0.160 e. The van der Waals surface area contributed by atoms with Crippen molar-refractivity contribution in [2.24, 2.45) is 5.92 Å². The van der Waals surface area contributed by atoms with Crippen molar-refractivity contribution in [3.8, 4) is 0 Å². The number of rotatable bonds is 4. The maximum absolute atomic E-state index is 13.3. The second-order valence-electron chi connectivity index (χ2n) is 6.09. The minimum absolute atomic E-state index is 0.615. The SMILES string of the molecule is Fc1ccc(N2CCC(CNC3CCCC3)C2)cc1F. The summed E-state index contributed by atoms with van der Waals surface area (Å²) >= 11 is 0. The van der Waals surface area contributed by atoms with E-state index in [-0.39, 0.29) is 0 Å². The van der Waals surface area contributed by atoms with Gasteiger partial charge in [-0.15, -0.1) is 0 Å². The minimum atomic E-state index is -0.771. The van der Waals surface area contributed by atoms with Crippen molar-refractivity contribution in [2.75, 3.05) is 24.5 Å². The Labute approximate surface area is 119 Å². The van der Waals surface area contributed by atoms with Crippen molar-refractivity contribution in [3.05, 3.63) is 29.8 Å². The Bertz CT molecular complexity index is 458. The van der Waals surface area contributed by atoms with Gasteiger partial charge in [0.2, 0.25) is 0 Å². The molecule has 3 rings (SSSR count). The average Bonchev–Trinajstić information content (AvgIpc) is 3.10. The Morgan fingerprint density at radius 2 is 1.90 bits per heavy atom. The molecule has 1 aliphatic carbocycles. The third kappa shape index (κ3) is 3.11. The Morgan fingerprint density at radius 3 is 2.65 bits per heavy atom. The summed E-state index contributed by atoms with van der Waals surface area (Å²) in [7, 11) is 0. The zero-order chi connectivity index (χ0) is 13.9. The van der Waals surface area contributed by atoms with Gasteiger partial charge in [0.25, 0.3) is 0 Å². The van der Waals surface area contributed by atoms with Crippen LogP contribution in [0.15, 0.2) is 18.2 Å². The third-order valence-electron chi connectivity index (χ3n) is 4.60. The molecule has 2 fully saturated rings. The second kappa shape index (κ2) is 6.08. The molecule has 1 saturated heterocycles. The summed E-state index contributed by atoms with van der Waals surface area (Å²) in [6.45, 7) is 2.91. The van der Waals surface area contributed by atoms with Gasteiger partial charge in [-0.05, 0) is 43.9 Å². The molecule has 1 atom stereocenters. The van der Waals surface area contributed by atoms with Crippen LogP contribution in [-0.2, 0) is 0 Å². The highest BCUT2D eigenvalue weighted by atomic mass is 19.2. The van der Waals surface area contributed by atoms with Crippen LogP contribution >= 0.6 is 0 Å². The Morgan fingerprint density at radius 1 is 1.10 bits per heavy atom. The van der Waals surface area contributed by atoms with E-state index in [9.17, 15) is 8.78 Å². The number of benzene rings is 1. The zero-order valence-electron chi connectivity index (χ0n) is 11.7. The molecule has 1 unspecified atom stereocenters. The number of hydrogen-bond donors (Lipinski definition) is 1. The summed E-state index contributed by atoms with van der Waals surface area (Å²) < 4.78 is 26.2. The number of nitrogens with one attached hydrogen (secondary N) is 1. The molecule has 1 heterocycles. The molecule has 4 heteroatoms. The van der Waals surface area contributed by atoms with Gasteiger partial charge >= 0.3 is 0 Å². The van der Waals surface area contributed by atoms with Crippen molar-refractivity contribution in [1.29, 1.82) is 0 Å². The number of hydrogen-bond acceptors (Lipinski definition) is 2. The lowest BCUT2D eigenvalue weighted by Gasteiger charge is -2.20. The van der Waals surface area contributed by atoms with Crippen LogP contribution < -0.4 is 10.2 Å². The van der Waals surface area contributed by atoms with Crippen LogP contribution in [0, 0.1) is 17.6 Å². The average molecular weight is 280 g/mol. The molecule has 1 saturated carbocycles. The Kier molecular flexibility index (Phi) is 4.20. The minimum Gasteiger partial charge on any atom is -0.371 e. The maximum Gasteiger partial charge on any atom is 0.160 e. The summed E-state index contributed by atoms with van der Waals surface area (Å²) in [4.78, 5) is 2.16. The van der Waals surface area contributed by atoms with E-state index in [0.717, 1.165) is 31.7 Å². The second-order valence-corrected chi connectivity index (χ2v) is 6.09. The molecule has 0 amide bonds. The van der Waals surface area contributed by atoms with E-state index in [2.05, 4.69) is 10.2 Å². The lowest BCUT2D eigenvalue weighted by atomic mass is 10.1. The highest BCUT2D eigenvalue weighted by Crippen LogP contribution is 2.25. The lowest BCUT2D eigenvalue weighted by Crippen LogP contribution is -2.32. The van der Waals surface area contributed by atoms with Crippen LogP contribution in [0.25, 0.3) is 0 Å². The molecular formula is C16H22F2N2. The van der Waals surface area contributed by atoms with Gasteiger partial charge < -0.3 is 10.2 Å². The van der Waals surface area contributed by atoms with Crippen molar-refractivity contribution in [3.63, 3.8) is 0 Å². The van der Waals surface area contributed by atoms with Crippen molar-refractivity contribution in [2.45, 2.75) is 38.1 Å². The van der Waals surface area contributed by atoms with Crippen LogP contribution in [-0.4, -0.2) is 25.7 Å². The third-order valence-corrected chi connectivity index (χ3v) is 4.60. The molecule has 1 N–H and O–H groups in total. The fraction of sp³-hybridized carbons (Fsp3) is 0.625. The van der Waals surface area contributed by atoms with Crippen molar-refractivity contribution >= 4 is 5.69 Å². The first-order valence-electron chi connectivity index (χ1n) is 7.66. The Hall–Kier alpha value is -1.16. The summed E-state index contributed by atoms with van der Waals surface area (Å²) in [5, 5.41) is 3.66. The standard InChI is InChI=1S/C16H22F2N2/c17-15-6-5-14(9-16(15)18)20-8-7-12(11-20)10-19-13-3-1-2-4-13/h5-6,9,12-13,19H,1-4,7-8,10-11H2. The summed E-state index contributed by atoms with van der Waals surface area (Å²) in [6.07, 6.45) is 6.44. The fourth-order valence-corrected chi connectivity index (χ4v) is 3.38. The van der Waals surface area contributed by atoms with E-state index in [1.165, 1.54) is 37.8 Å².